The molecule has 6 rings (SSSR count). The number of hydrogen-bond donors (Lipinski definition) is 2. The number of aryl methyl sites for hydroxylation is 1. The maximum atomic E-state index is 13.3. The van der Waals surface area contributed by atoms with Gasteiger partial charge >= 0.3 is 0 Å². The standard InChI is InChI=1S/C37H48ClN3O6S/c1-4-5-16-37(44,21-34(42)40-17-7-18-40)31-12-9-28(31)22-41-23-36(15-6-8-26-19-29(38)11-13-30(26)36)24-47-33-14-10-27(20-32(33)41)35(43)39-48(45,46)25(2)3/h5,10-11,13-14,16,19-20,25,28,31,44H,4,6-9,12,15,17-18,21-24H2,1-3H3,(H,39,43)/b16-5+/t28-,31+,36-,37-/m0/s1. The van der Waals surface area contributed by atoms with Gasteiger partial charge in [0.25, 0.3) is 5.91 Å². The lowest BCUT2D eigenvalue weighted by Gasteiger charge is -2.49. The highest BCUT2D eigenvalue weighted by molar-refractivity contribution is 7.90. The SMILES string of the molecule is CC/C=C/[C@](O)(CC(=O)N1CCC1)[C@@H]1CC[C@H]1CN1C[C@@]2(CCCc3cc(Cl)ccc32)COc2ccc(C(=O)NS(=O)(=O)C(C)C)cc21. The zero-order valence-corrected chi connectivity index (χ0v) is 29.8. The number of halogens is 1. The molecule has 0 unspecified atom stereocenters. The summed E-state index contributed by atoms with van der Waals surface area (Å²) in [6.45, 7) is 8.21. The molecule has 2 aromatic carbocycles. The molecule has 9 nitrogen and oxygen atoms in total. The number of nitrogens with zero attached hydrogens (tertiary/aromatic N) is 2. The maximum Gasteiger partial charge on any atom is 0.264 e. The second-order valence-electron chi connectivity index (χ2n) is 14.5. The number of aliphatic hydroxyl groups is 1. The average Bonchev–Trinajstić information content (AvgIpc) is 3.13. The highest BCUT2D eigenvalue weighted by Gasteiger charge is 2.49. The minimum Gasteiger partial charge on any atom is -0.490 e. The monoisotopic (exact) mass is 697 g/mol. The summed E-state index contributed by atoms with van der Waals surface area (Å²) in [5.41, 5.74) is 1.78. The lowest BCUT2D eigenvalue weighted by molar-refractivity contribution is -0.143. The number of rotatable bonds is 10. The van der Waals surface area contributed by atoms with E-state index in [-0.39, 0.29) is 35.1 Å². The third-order valence-electron chi connectivity index (χ3n) is 11.0. The van der Waals surface area contributed by atoms with Crippen LogP contribution in [0.1, 0.15) is 87.2 Å². The number of hydrogen-bond acceptors (Lipinski definition) is 7. The van der Waals surface area contributed by atoms with Crippen molar-refractivity contribution in [2.45, 2.75) is 88.4 Å². The van der Waals surface area contributed by atoms with E-state index in [0.717, 1.165) is 63.7 Å². The molecule has 0 bridgehead atoms. The van der Waals surface area contributed by atoms with Gasteiger partial charge in [-0.2, -0.15) is 0 Å². The van der Waals surface area contributed by atoms with Crippen molar-refractivity contribution in [1.82, 2.24) is 9.62 Å². The first-order chi connectivity index (χ1) is 22.8. The van der Waals surface area contributed by atoms with Crippen molar-refractivity contribution in [1.29, 1.82) is 0 Å². The molecule has 2 heterocycles. The van der Waals surface area contributed by atoms with Crippen molar-refractivity contribution in [2.24, 2.45) is 11.8 Å². The van der Waals surface area contributed by atoms with Gasteiger partial charge in [0.15, 0.2) is 0 Å². The number of anilines is 1. The van der Waals surface area contributed by atoms with E-state index in [0.29, 0.717) is 30.5 Å². The van der Waals surface area contributed by atoms with Crippen molar-refractivity contribution in [3.05, 3.63) is 70.3 Å². The fraction of sp³-hybridized carbons (Fsp3) is 0.568. The van der Waals surface area contributed by atoms with Crippen LogP contribution >= 0.6 is 11.6 Å². The number of allylic oxidation sites excluding steroid dienone is 1. The van der Waals surface area contributed by atoms with Gasteiger partial charge in [0.2, 0.25) is 15.9 Å². The van der Waals surface area contributed by atoms with Gasteiger partial charge in [-0.15, -0.1) is 0 Å². The van der Waals surface area contributed by atoms with Crippen molar-refractivity contribution in [3.8, 4) is 5.75 Å². The number of ether oxygens (including phenoxy) is 1. The molecule has 2 aliphatic heterocycles. The van der Waals surface area contributed by atoms with E-state index >= 15 is 0 Å². The molecule has 1 saturated carbocycles. The number of benzene rings is 2. The summed E-state index contributed by atoms with van der Waals surface area (Å²) in [6.07, 6.45) is 10.2. The number of amides is 2. The summed E-state index contributed by atoms with van der Waals surface area (Å²) in [5.74, 6) is -0.105. The quantitative estimate of drug-likeness (QED) is 0.310. The highest BCUT2D eigenvalue weighted by Crippen LogP contribution is 2.49. The van der Waals surface area contributed by atoms with Gasteiger partial charge in [-0.1, -0.05) is 36.7 Å². The number of nitrogens with one attached hydrogen (secondary N) is 1. The second-order valence-corrected chi connectivity index (χ2v) is 17.1. The topological polar surface area (TPSA) is 116 Å². The van der Waals surface area contributed by atoms with Crippen molar-refractivity contribution in [3.63, 3.8) is 0 Å². The summed E-state index contributed by atoms with van der Waals surface area (Å²) in [5, 5.41) is 12.1. The fourth-order valence-electron chi connectivity index (χ4n) is 7.85. The van der Waals surface area contributed by atoms with Crippen LogP contribution in [0.15, 0.2) is 48.6 Å². The van der Waals surface area contributed by atoms with E-state index in [4.69, 9.17) is 16.3 Å². The third-order valence-corrected chi connectivity index (χ3v) is 12.9. The van der Waals surface area contributed by atoms with Crippen molar-refractivity contribution >= 4 is 39.1 Å². The summed E-state index contributed by atoms with van der Waals surface area (Å²) < 4.78 is 33.9. The van der Waals surface area contributed by atoms with Crippen LogP contribution in [0.5, 0.6) is 5.75 Å². The summed E-state index contributed by atoms with van der Waals surface area (Å²) >= 11 is 6.43. The zero-order chi connectivity index (χ0) is 34.3. The van der Waals surface area contributed by atoms with E-state index in [9.17, 15) is 23.1 Å². The molecule has 48 heavy (non-hydrogen) atoms. The Hall–Kier alpha value is -3.08. The predicted octanol–water partition coefficient (Wildman–Crippen LogP) is 5.63. The van der Waals surface area contributed by atoms with E-state index < -0.39 is 26.8 Å². The van der Waals surface area contributed by atoms with E-state index in [1.54, 1.807) is 18.2 Å². The third kappa shape index (κ3) is 6.85. The lowest BCUT2D eigenvalue weighted by atomic mass is 9.63. The first kappa shape index (κ1) is 34.8. The molecule has 2 fully saturated rings. The molecule has 1 spiro atoms. The first-order valence-electron chi connectivity index (χ1n) is 17.4. The number of carbonyl (C=O) groups excluding carboxylic acids is 2. The van der Waals surface area contributed by atoms with Gasteiger partial charge in [-0.25, -0.2) is 13.1 Å². The summed E-state index contributed by atoms with van der Waals surface area (Å²) in [6, 6.07) is 11.2. The van der Waals surface area contributed by atoms with Gasteiger partial charge in [0.05, 0.1) is 29.6 Å². The Balaban J connectivity index is 1.35. The van der Waals surface area contributed by atoms with Gasteiger partial charge in [-0.3, -0.25) is 9.59 Å². The van der Waals surface area contributed by atoms with Crippen LogP contribution in [0, 0.1) is 11.8 Å². The summed E-state index contributed by atoms with van der Waals surface area (Å²) in [7, 11) is -3.83. The van der Waals surface area contributed by atoms with Crippen LogP contribution in [0.2, 0.25) is 5.02 Å². The summed E-state index contributed by atoms with van der Waals surface area (Å²) in [4.78, 5) is 30.5. The van der Waals surface area contributed by atoms with E-state index in [2.05, 4.69) is 21.8 Å². The van der Waals surface area contributed by atoms with Crippen LogP contribution in [0.25, 0.3) is 0 Å². The molecule has 2 N–H and O–H groups in total. The Kier molecular flexibility index (Phi) is 9.91. The Morgan fingerprint density at radius 3 is 2.62 bits per heavy atom. The smallest absolute Gasteiger partial charge is 0.264 e. The number of fused-ring (bicyclic) bond motifs is 3. The Labute approximate surface area is 289 Å². The number of sulfonamides is 1. The molecular weight excluding hydrogens is 650 g/mol. The Bertz CT molecular complexity index is 1690. The highest BCUT2D eigenvalue weighted by atomic mass is 35.5. The van der Waals surface area contributed by atoms with Crippen LogP contribution in [-0.2, 0) is 26.7 Å². The molecule has 2 aliphatic carbocycles. The Morgan fingerprint density at radius 2 is 1.96 bits per heavy atom. The molecule has 1 saturated heterocycles. The van der Waals surface area contributed by atoms with Crippen LogP contribution < -0.4 is 14.4 Å². The van der Waals surface area contributed by atoms with Gasteiger partial charge in [-0.05, 0) is 112 Å². The van der Waals surface area contributed by atoms with Crippen LogP contribution in [-0.4, -0.2) is 73.9 Å². The van der Waals surface area contributed by atoms with Crippen molar-refractivity contribution in [2.75, 3.05) is 37.7 Å². The normalized spacial score (nSPS) is 25.0. The molecule has 260 valence electrons. The number of likely N-dealkylation sites (tertiary alicyclic amines) is 1. The minimum atomic E-state index is -3.83. The largest absolute Gasteiger partial charge is 0.490 e. The molecule has 0 aromatic heterocycles. The first-order valence-corrected chi connectivity index (χ1v) is 19.3. The van der Waals surface area contributed by atoms with E-state index in [1.807, 2.05) is 30.0 Å². The number of carbonyl (C=O) groups is 2. The zero-order valence-electron chi connectivity index (χ0n) is 28.2. The van der Waals surface area contributed by atoms with Gasteiger partial charge in [0, 0.05) is 42.2 Å². The molecule has 4 atom stereocenters. The Morgan fingerprint density at radius 1 is 1.17 bits per heavy atom. The van der Waals surface area contributed by atoms with Crippen LogP contribution in [0.4, 0.5) is 5.69 Å². The maximum absolute atomic E-state index is 13.3. The van der Waals surface area contributed by atoms with Gasteiger partial charge in [0.1, 0.15) is 5.75 Å². The molecule has 4 aliphatic rings. The lowest BCUT2D eigenvalue weighted by Crippen LogP contribution is -2.54. The molecule has 11 heteroatoms. The second kappa shape index (κ2) is 13.7. The minimum absolute atomic E-state index is 0.00731. The fourth-order valence-corrected chi connectivity index (χ4v) is 8.65. The predicted molar refractivity (Wildman–Crippen MR) is 188 cm³/mol. The molecular formula is C37H48ClN3O6S. The van der Waals surface area contributed by atoms with Crippen molar-refractivity contribution < 1.29 is 27.9 Å². The molecule has 2 amide bonds. The molecule has 0 radical (unpaired) electrons. The van der Waals surface area contributed by atoms with E-state index in [1.165, 1.54) is 25.0 Å². The van der Waals surface area contributed by atoms with Crippen LogP contribution in [0.3, 0.4) is 0 Å². The van der Waals surface area contributed by atoms with Gasteiger partial charge < -0.3 is 19.6 Å². The average molecular weight is 698 g/mol. The molecule has 2 aromatic rings.